The van der Waals surface area contributed by atoms with Crippen LogP contribution < -0.4 is 4.74 Å². The molecule has 0 atom stereocenters. The molecule has 5 heteroatoms. The third-order valence-corrected chi connectivity index (χ3v) is 3.84. The van der Waals surface area contributed by atoms with Gasteiger partial charge in [0, 0.05) is 16.1 Å². The van der Waals surface area contributed by atoms with Gasteiger partial charge in [0.2, 0.25) is 0 Å². The Morgan fingerprint density at radius 3 is 2.26 bits per heavy atom. The van der Waals surface area contributed by atoms with Gasteiger partial charge in [0.1, 0.15) is 11.5 Å². The van der Waals surface area contributed by atoms with E-state index in [0.29, 0.717) is 31.6 Å². The predicted octanol–water partition coefficient (Wildman–Crippen LogP) is 5.75. The third-order valence-electron chi connectivity index (χ3n) is 2.45. The Bertz CT molecular complexity index is 641. The van der Waals surface area contributed by atoms with Crippen molar-refractivity contribution in [1.82, 2.24) is 0 Å². The maximum atomic E-state index is 11.3. The van der Waals surface area contributed by atoms with E-state index in [1.165, 1.54) is 6.92 Å². The first-order valence-electron chi connectivity index (χ1n) is 5.41. The number of hydrogen-bond donors (Lipinski definition) is 0. The molecule has 0 aliphatic rings. The SMILES string of the molecule is CC(=O)c1ccc(Oc2ccc(Cl)c(Cl)c2)cc1Br. The van der Waals surface area contributed by atoms with Gasteiger partial charge in [0.15, 0.2) is 5.78 Å². The minimum atomic E-state index is -0.00652. The van der Waals surface area contributed by atoms with Crippen LogP contribution in [0.15, 0.2) is 40.9 Å². The molecule has 0 heterocycles. The zero-order valence-corrected chi connectivity index (χ0v) is 13.0. The number of Topliss-reactive ketones (excluding diaryl/α,β-unsaturated/α-hetero) is 1. The Labute approximate surface area is 129 Å². The molecule has 0 radical (unpaired) electrons. The summed E-state index contributed by atoms with van der Waals surface area (Å²) in [6, 6.07) is 10.2. The van der Waals surface area contributed by atoms with Crippen LogP contribution >= 0.6 is 39.1 Å². The number of ether oxygens (including phenoxy) is 1. The van der Waals surface area contributed by atoms with Crippen LogP contribution in [0, 0.1) is 0 Å². The second kappa shape index (κ2) is 5.95. The van der Waals surface area contributed by atoms with Crippen molar-refractivity contribution in [2.45, 2.75) is 6.92 Å². The summed E-state index contributed by atoms with van der Waals surface area (Å²) in [5.41, 5.74) is 0.612. The molecule has 0 aromatic heterocycles. The Morgan fingerprint density at radius 2 is 1.68 bits per heavy atom. The van der Waals surface area contributed by atoms with Gasteiger partial charge >= 0.3 is 0 Å². The molecule has 0 saturated heterocycles. The highest BCUT2D eigenvalue weighted by Gasteiger charge is 2.07. The Kier molecular flexibility index (Phi) is 4.50. The molecule has 0 aliphatic carbocycles. The lowest BCUT2D eigenvalue weighted by atomic mass is 10.1. The van der Waals surface area contributed by atoms with Crippen LogP contribution in [-0.2, 0) is 0 Å². The predicted molar refractivity (Wildman–Crippen MR) is 80.7 cm³/mol. The Balaban J connectivity index is 2.26. The number of ketones is 1. The van der Waals surface area contributed by atoms with Crippen LogP contribution in [0.5, 0.6) is 11.5 Å². The van der Waals surface area contributed by atoms with Crippen molar-refractivity contribution in [2.24, 2.45) is 0 Å². The molecule has 2 rings (SSSR count). The summed E-state index contributed by atoms with van der Waals surface area (Å²) in [6.07, 6.45) is 0. The van der Waals surface area contributed by atoms with Crippen LogP contribution in [0.2, 0.25) is 10.0 Å². The topological polar surface area (TPSA) is 26.3 Å². The summed E-state index contributed by atoms with van der Waals surface area (Å²) in [7, 11) is 0. The second-order valence-corrected chi connectivity index (χ2v) is 5.54. The normalized spacial score (nSPS) is 10.3. The highest BCUT2D eigenvalue weighted by molar-refractivity contribution is 9.10. The summed E-state index contributed by atoms with van der Waals surface area (Å²) >= 11 is 15.1. The molecular weight excluding hydrogens is 351 g/mol. The van der Waals surface area contributed by atoms with Crippen LogP contribution in [0.4, 0.5) is 0 Å². The largest absolute Gasteiger partial charge is 0.457 e. The molecule has 2 aromatic rings. The first-order valence-corrected chi connectivity index (χ1v) is 6.95. The molecule has 98 valence electrons. The smallest absolute Gasteiger partial charge is 0.160 e. The Hall–Kier alpha value is -1.03. The van der Waals surface area contributed by atoms with Crippen molar-refractivity contribution in [3.8, 4) is 11.5 Å². The minimum Gasteiger partial charge on any atom is -0.457 e. The van der Waals surface area contributed by atoms with Crippen molar-refractivity contribution in [2.75, 3.05) is 0 Å². The standard InChI is InChI=1S/C14H9BrCl2O2/c1-8(18)11-4-2-9(6-12(11)15)19-10-3-5-13(16)14(17)7-10/h2-7H,1H3. The van der Waals surface area contributed by atoms with Crippen molar-refractivity contribution in [3.05, 3.63) is 56.5 Å². The van der Waals surface area contributed by atoms with Crippen LogP contribution in [0.3, 0.4) is 0 Å². The number of carbonyl (C=O) groups excluding carboxylic acids is 1. The van der Waals surface area contributed by atoms with Gasteiger partial charge < -0.3 is 4.74 Å². The zero-order valence-electron chi connectivity index (χ0n) is 9.91. The van der Waals surface area contributed by atoms with Gasteiger partial charge in [-0.25, -0.2) is 0 Å². The summed E-state index contributed by atoms with van der Waals surface area (Å²) in [6.45, 7) is 1.51. The van der Waals surface area contributed by atoms with E-state index in [1.54, 1.807) is 36.4 Å². The van der Waals surface area contributed by atoms with E-state index in [-0.39, 0.29) is 5.78 Å². The molecule has 2 aromatic carbocycles. The Morgan fingerprint density at radius 1 is 1.05 bits per heavy atom. The minimum absolute atomic E-state index is 0.00652. The van der Waals surface area contributed by atoms with E-state index in [1.807, 2.05) is 0 Å². The highest BCUT2D eigenvalue weighted by Crippen LogP contribution is 2.31. The third kappa shape index (κ3) is 3.50. The first kappa shape index (κ1) is 14.4. The summed E-state index contributed by atoms with van der Waals surface area (Å²) in [5, 5.41) is 0.903. The van der Waals surface area contributed by atoms with Crippen molar-refractivity contribution in [1.29, 1.82) is 0 Å². The number of halogens is 3. The highest BCUT2D eigenvalue weighted by atomic mass is 79.9. The molecule has 0 unspecified atom stereocenters. The lowest BCUT2D eigenvalue weighted by Gasteiger charge is -2.08. The van der Waals surface area contributed by atoms with Gasteiger partial charge in [-0.05, 0) is 53.2 Å². The van der Waals surface area contributed by atoms with Gasteiger partial charge in [-0.2, -0.15) is 0 Å². The van der Waals surface area contributed by atoms with Gasteiger partial charge in [-0.3, -0.25) is 4.79 Å². The fourth-order valence-corrected chi connectivity index (χ4v) is 2.45. The average molecular weight is 360 g/mol. The molecule has 0 bridgehead atoms. The van der Waals surface area contributed by atoms with E-state index < -0.39 is 0 Å². The molecule has 0 aliphatic heterocycles. The molecular formula is C14H9BrCl2O2. The van der Waals surface area contributed by atoms with Crippen LogP contribution in [0.1, 0.15) is 17.3 Å². The van der Waals surface area contributed by atoms with Crippen LogP contribution in [-0.4, -0.2) is 5.78 Å². The lowest BCUT2D eigenvalue weighted by molar-refractivity contribution is 0.101. The summed E-state index contributed by atoms with van der Waals surface area (Å²) in [4.78, 5) is 11.3. The lowest BCUT2D eigenvalue weighted by Crippen LogP contribution is -1.94. The molecule has 2 nitrogen and oxygen atoms in total. The molecule has 19 heavy (non-hydrogen) atoms. The van der Waals surface area contributed by atoms with Crippen LogP contribution in [0.25, 0.3) is 0 Å². The molecule has 0 amide bonds. The number of benzene rings is 2. The molecule has 0 N–H and O–H groups in total. The van der Waals surface area contributed by atoms with E-state index in [0.717, 1.165) is 0 Å². The van der Waals surface area contributed by atoms with Gasteiger partial charge in [0.25, 0.3) is 0 Å². The monoisotopic (exact) mass is 358 g/mol. The fourth-order valence-electron chi connectivity index (χ4n) is 1.52. The maximum Gasteiger partial charge on any atom is 0.160 e. The van der Waals surface area contributed by atoms with Crippen molar-refractivity contribution < 1.29 is 9.53 Å². The van der Waals surface area contributed by atoms with Gasteiger partial charge in [0.05, 0.1) is 10.0 Å². The van der Waals surface area contributed by atoms with Gasteiger partial charge in [-0.15, -0.1) is 0 Å². The van der Waals surface area contributed by atoms with E-state index in [2.05, 4.69) is 15.9 Å². The molecule has 0 saturated carbocycles. The summed E-state index contributed by atoms with van der Waals surface area (Å²) < 4.78 is 6.34. The number of rotatable bonds is 3. The van der Waals surface area contributed by atoms with E-state index in [4.69, 9.17) is 27.9 Å². The average Bonchev–Trinajstić information content (AvgIpc) is 2.33. The van der Waals surface area contributed by atoms with Crippen molar-refractivity contribution in [3.63, 3.8) is 0 Å². The quantitative estimate of drug-likeness (QED) is 0.652. The fraction of sp³-hybridized carbons (Fsp3) is 0.0714. The maximum absolute atomic E-state index is 11.3. The summed E-state index contributed by atoms with van der Waals surface area (Å²) in [5.74, 6) is 1.18. The van der Waals surface area contributed by atoms with E-state index in [9.17, 15) is 4.79 Å². The number of carbonyl (C=O) groups is 1. The molecule has 0 fully saturated rings. The second-order valence-electron chi connectivity index (χ2n) is 3.88. The van der Waals surface area contributed by atoms with E-state index >= 15 is 0 Å². The zero-order chi connectivity index (χ0) is 14.0. The first-order chi connectivity index (χ1) is 8.97. The van der Waals surface area contributed by atoms with Crippen molar-refractivity contribution >= 4 is 44.9 Å². The molecule has 0 spiro atoms. The number of hydrogen-bond acceptors (Lipinski definition) is 2. The van der Waals surface area contributed by atoms with Gasteiger partial charge in [-0.1, -0.05) is 23.2 Å².